The van der Waals surface area contributed by atoms with Gasteiger partial charge in [-0.1, -0.05) is 36.4 Å². The van der Waals surface area contributed by atoms with Crippen LogP contribution in [-0.4, -0.2) is 33.4 Å². The van der Waals surface area contributed by atoms with E-state index in [1.54, 1.807) is 13.0 Å². The van der Waals surface area contributed by atoms with Crippen LogP contribution >= 0.6 is 0 Å². The van der Waals surface area contributed by atoms with Crippen molar-refractivity contribution in [3.8, 4) is 0 Å². The van der Waals surface area contributed by atoms with Gasteiger partial charge in [-0.25, -0.2) is 0 Å². The third-order valence-corrected chi connectivity index (χ3v) is 6.58. The van der Waals surface area contributed by atoms with Gasteiger partial charge in [0, 0.05) is 54.6 Å². The van der Waals surface area contributed by atoms with Gasteiger partial charge in [-0.3, -0.25) is 14.4 Å². The summed E-state index contributed by atoms with van der Waals surface area (Å²) in [6.45, 7) is 2.90. The predicted molar refractivity (Wildman–Crippen MR) is 118 cm³/mol. The smallest absolute Gasteiger partial charge is 0.270 e. The van der Waals surface area contributed by atoms with Gasteiger partial charge in [0.1, 0.15) is 5.69 Å². The van der Waals surface area contributed by atoms with Crippen LogP contribution in [0.4, 0.5) is 0 Å². The molecule has 0 saturated carbocycles. The van der Waals surface area contributed by atoms with E-state index in [0.717, 1.165) is 18.5 Å². The van der Waals surface area contributed by atoms with E-state index in [1.165, 1.54) is 17.7 Å². The number of rotatable bonds is 3. The summed E-state index contributed by atoms with van der Waals surface area (Å²) in [5.41, 5.74) is 3.03. The van der Waals surface area contributed by atoms with Crippen molar-refractivity contribution in [2.75, 3.05) is 13.1 Å². The Morgan fingerprint density at radius 3 is 2.61 bits per heavy atom. The Bertz CT molecular complexity index is 1240. The van der Waals surface area contributed by atoms with Crippen LogP contribution in [0.3, 0.4) is 0 Å². The zero-order valence-electron chi connectivity index (χ0n) is 17.5. The number of H-pyrrole nitrogens is 1. The highest BCUT2D eigenvalue weighted by Crippen LogP contribution is 2.42. The molecule has 1 fully saturated rings. The number of piperidine rings is 1. The Balaban J connectivity index is 1.52. The first kappa shape index (κ1) is 19.5. The molecule has 4 heterocycles. The third kappa shape index (κ3) is 3.63. The average Bonchev–Trinajstić information content (AvgIpc) is 2.76. The van der Waals surface area contributed by atoms with Crippen molar-refractivity contribution in [2.24, 2.45) is 5.92 Å². The minimum atomic E-state index is -0.171. The first-order valence-corrected chi connectivity index (χ1v) is 10.8. The SMILES string of the molecule is Cc1cc(=O)cc(C(=O)N2C[C@H]3C[C@@H](C2)[C@H](Cc2ccccc2)n2c3cccc2=O)[nH]1. The van der Waals surface area contributed by atoms with Gasteiger partial charge < -0.3 is 14.5 Å². The second-order valence-electron chi connectivity index (χ2n) is 8.73. The quantitative estimate of drug-likeness (QED) is 0.715. The van der Waals surface area contributed by atoms with Gasteiger partial charge >= 0.3 is 0 Å². The van der Waals surface area contributed by atoms with Gasteiger partial charge in [0.15, 0.2) is 5.43 Å². The lowest BCUT2D eigenvalue weighted by molar-refractivity contribution is 0.0523. The van der Waals surface area contributed by atoms with Crippen molar-refractivity contribution in [3.63, 3.8) is 0 Å². The highest BCUT2D eigenvalue weighted by atomic mass is 16.2. The van der Waals surface area contributed by atoms with E-state index in [4.69, 9.17) is 0 Å². The fraction of sp³-hybridized carbons (Fsp3) is 0.320. The molecule has 2 aromatic heterocycles. The standard InChI is InChI=1S/C25H25N3O3/c1-16-10-20(29)13-21(26-16)25(31)27-14-18-12-19(15-27)23(11-17-6-3-2-4-7-17)28-22(18)8-5-9-24(28)30/h2-10,13,18-19,23H,11-12,14-15H2,1H3,(H,26,29)/t18-,19+,23+/m1/s1. The molecule has 1 saturated heterocycles. The highest BCUT2D eigenvalue weighted by Gasteiger charge is 2.42. The Morgan fingerprint density at radius 2 is 1.84 bits per heavy atom. The number of amides is 1. The molecule has 1 amide bonds. The summed E-state index contributed by atoms with van der Waals surface area (Å²) in [4.78, 5) is 42.9. The molecule has 6 nitrogen and oxygen atoms in total. The van der Waals surface area contributed by atoms with Crippen LogP contribution in [0.1, 0.15) is 45.8 Å². The van der Waals surface area contributed by atoms with Gasteiger partial charge in [-0.2, -0.15) is 0 Å². The molecule has 0 aliphatic carbocycles. The van der Waals surface area contributed by atoms with Gasteiger partial charge in [-0.15, -0.1) is 0 Å². The number of hydrogen-bond acceptors (Lipinski definition) is 3. The van der Waals surface area contributed by atoms with Crippen molar-refractivity contribution in [1.29, 1.82) is 0 Å². The number of nitrogens with zero attached hydrogens (tertiary/aromatic N) is 2. The third-order valence-electron chi connectivity index (χ3n) is 6.58. The Labute approximate surface area is 180 Å². The number of aryl methyl sites for hydroxylation is 1. The fourth-order valence-electron chi connectivity index (χ4n) is 5.29. The first-order valence-electron chi connectivity index (χ1n) is 10.8. The van der Waals surface area contributed by atoms with Gasteiger partial charge in [0.25, 0.3) is 11.5 Å². The Morgan fingerprint density at radius 1 is 1.03 bits per heavy atom. The van der Waals surface area contributed by atoms with Crippen LogP contribution in [0, 0.1) is 12.8 Å². The van der Waals surface area contributed by atoms with Crippen molar-refractivity contribution in [3.05, 3.63) is 104 Å². The van der Waals surface area contributed by atoms with E-state index in [1.807, 2.05) is 39.8 Å². The monoisotopic (exact) mass is 415 g/mol. The van der Waals surface area contributed by atoms with E-state index in [9.17, 15) is 14.4 Å². The normalized spacial score (nSPS) is 22.1. The molecule has 3 aromatic rings. The van der Waals surface area contributed by atoms with Gasteiger partial charge in [0.05, 0.1) is 0 Å². The van der Waals surface area contributed by atoms with Crippen LogP contribution in [0.5, 0.6) is 0 Å². The number of aromatic amines is 1. The molecule has 158 valence electrons. The molecule has 6 heteroatoms. The number of benzene rings is 1. The number of nitrogens with one attached hydrogen (secondary N) is 1. The van der Waals surface area contributed by atoms with Crippen molar-refractivity contribution < 1.29 is 4.79 Å². The number of carbonyl (C=O) groups is 1. The minimum absolute atomic E-state index is 0.00508. The number of aromatic nitrogens is 2. The second kappa shape index (κ2) is 7.69. The molecule has 31 heavy (non-hydrogen) atoms. The molecular weight excluding hydrogens is 390 g/mol. The fourth-order valence-corrected chi connectivity index (χ4v) is 5.29. The molecule has 2 aliphatic rings. The Hall–Kier alpha value is -3.41. The summed E-state index contributed by atoms with van der Waals surface area (Å²) in [5, 5.41) is 0. The molecule has 5 rings (SSSR count). The zero-order valence-corrected chi connectivity index (χ0v) is 17.5. The van der Waals surface area contributed by atoms with Crippen LogP contribution < -0.4 is 11.0 Å². The van der Waals surface area contributed by atoms with Gasteiger partial charge in [-0.05, 0) is 37.3 Å². The molecule has 2 bridgehead atoms. The van der Waals surface area contributed by atoms with Crippen LogP contribution in [0.25, 0.3) is 0 Å². The van der Waals surface area contributed by atoms with E-state index < -0.39 is 0 Å². The van der Waals surface area contributed by atoms with E-state index in [2.05, 4.69) is 17.1 Å². The largest absolute Gasteiger partial charge is 0.354 e. The summed E-state index contributed by atoms with van der Waals surface area (Å²) < 4.78 is 1.96. The maximum Gasteiger partial charge on any atom is 0.270 e. The maximum absolute atomic E-state index is 13.3. The lowest BCUT2D eigenvalue weighted by Gasteiger charge is -2.47. The number of pyridine rings is 2. The summed E-state index contributed by atoms with van der Waals surface area (Å²) in [6, 6.07) is 18.5. The zero-order chi connectivity index (χ0) is 21.5. The van der Waals surface area contributed by atoms with Crippen LogP contribution in [0.2, 0.25) is 0 Å². The predicted octanol–water partition coefficient (Wildman–Crippen LogP) is 2.89. The second-order valence-corrected chi connectivity index (χ2v) is 8.73. The van der Waals surface area contributed by atoms with Gasteiger partial charge in [0.2, 0.25) is 0 Å². The van der Waals surface area contributed by atoms with Crippen molar-refractivity contribution in [2.45, 2.75) is 31.7 Å². The molecule has 0 unspecified atom stereocenters. The lowest BCUT2D eigenvalue weighted by Crippen LogP contribution is -2.51. The van der Waals surface area contributed by atoms with Crippen LogP contribution in [-0.2, 0) is 6.42 Å². The first-order chi connectivity index (χ1) is 15.0. The topological polar surface area (TPSA) is 75.2 Å². The highest BCUT2D eigenvalue weighted by molar-refractivity contribution is 5.92. The summed E-state index contributed by atoms with van der Waals surface area (Å²) >= 11 is 0. The lowest BCUT2D eigenvalue weighted by atomic mass is 9.76. The average molecular weight is 415 g/mol. The molecule has 0 spiro atoms. The summed E-state index contributed by atoms with van der Waals surface area (Å²) in [6.07, 6.45) is 1.70. The Kier molecular flexibility index (Phi) is 4.85. The number of hydrogen-bond donors (Lipinski definition) is 1. The summed E-state index contributed by atoms with van der Waals surface area (Å²) in [7, 11) is 0. The van der Waals surface area contributed by atoms with Crippen molar-refractivity contribution in [1.82, 2.24) is 14.5 Å². The van der Waals surface area contributed by atoms with Crippen LogP contribution in [0.15, 0.2) is 70.3 Å². The van der Waals surface area contributed by atoms with Crippen molar-refractivity contribution >= 4 is 5.91 Å². The minimum Gasteiger partial charge on any atom is -0.354 e. The molecule has 2 aliphatic heterocycles. The van der Waals surface area contributed by atoms with E-state index in [0.29, 0.717) is 24.5 Å². The maximum atomic E-state index is 13.3. The molecule has 3 atom stereocenters. The molecule has 1 aromatic carbocycles. The number of carbonyl (C=O) groups excluding carboxylic acids is 1. The van der Waals surface area contributed by atoms with E-state index >= 15 is 0 Å². The molecule has 0 radical (unpaired) electrons. The molecular formula is C25H25N3O3. The molecule has 1 N–H and O–H groups in total. The number of likely N-dealkylation sites (tertiary alicyclic amines) is 1. The number of fused-ring (bicyclic) bond motifs is 4. The summed E-state index contributed by atoms with van der Waals surface area (Å²) in [5.74, 6) is 0.132. The van der Waals surface area contributed by atoms with E-state index in [-0.39, 0.29) is 34.8 Å².